The molecule has 0 unspecified atom stereocenters. The van der Waals surface area contributed by atoms with E-state index in [0.29, 0.717) is 19.8 Å². The zero-order valence-corrected chi connectivity index (χ0v) is 22.7. The highest BCUT2D eigenvalue weighted by Gasteiger charge is 2.34. The molecule has 3 aromatic carbocycles. The summed E-state index contributed by atoms with van der Waals surface area (Å²) in [6, 6.07) is 22.5. The number of hydrogen-bond acceptors (Lipinski definition) is 4. The molecule has 1 N–H and O–H groups in total. The number of nitrogens with zero attached hydrogens (tertiary/aromatic N) is 2. The molecule has 0 saturated carbocycles. The summed E-state index contributed by atoms with van der Waals surface area (Å²) in [5.41, 5.74) is 6.83. The first kappa shape index (κ1) is 25.3. The summed E-state index contributed by atoms with van der Waals surface area (Å²) in [4.78, 5) is 21.5. The van der Waals surface area contributed by atoms with E-state index in [0.717, 1.165) is 59.6 Å². The van der Waals surface area contributed by atoms with Crippen LogP contribution in [0.3, 0.4) is 0 Å². The fourth-order valence-electron chi connectivity index (χ4n) is 5.71. The third-order valence-corrected chi connectivity index (χ3v) is 7.66. The van der Waals surface area contributed by atoms with Crippen molar-refractivity contribution in [1.82, 2.24) is 14.8 Å². The number of benzene rings is 3. The molecule has 1 atom stereocenters. The van der Waals surface area contributed by atoms with Gasteiger partial charge in [-0.15, -0.1) is 0 Å². The summed E-state index contributed by atoms with van der Waals surface area (Å²) in [5.74, 6) is 1.81. The highest BCUT2D eigenvalue weighted by Crippen LogP contribution is 2.40. The third kappa shape index (κ3) is 5.30. The molecule has 200 valence electrons. The van der Waals surface area contributed by atoms with Crippen LogP contribution < -0.4 is 9.47 Å². The fraction of sp³-hybridized carbons (Fsp3) is 0.303. The van der Waals surface area contributed by atoms with Gasteiger partial charge in [0.2, 0.25) is 5.91 Å². The molecule has 0 saturated heterocycles. The number of carbonyl (C=O) groups is 1. The van der Waals surface area contributed by atoms with Gasteiger partial charge in [0.25, 0.3) is 0 Å². The van der Waals surface area contributed by atoms with Gasteiger partial charge in [0.1, 0.15) is 11.5 Å². The Hall–Kier alpha value is -4.03. The average Bonchev–Trinajstić information content (AvgIpc) is 3.58. The van der Waals surface area contributed by atoms with Gasteiger partial charge in [-0.1, -0.05) is 36.4 Å². The molecule has 1 aromatic heterocycles. The van der Waals surface area contributed by atoms with Crippen LogP contribution in [0.25, 0.3) is 17.0 Å². The van der Waals surface area contributed by atoms with Crippen LogP contribution in [-0.4, -0.2) is 61.1 Å². The van der Waals surface area contributed by atoms with E-state index >= 15 is 0 Å². The van der Waals surface area contributed by atoms with E-state index in [1.54, 1.807) is 6.08 Å². The van der Waals surface area contributed by atoms with E-state index in [9.17, 15) is 4.79 Å². The Bertz CT molecular complexity index is 1500. The molecule has 0 fully saturated rings. The quantitative estimate of drug-likeness (QED) is 0.242. The van der Waals surface area contributed by atoms with Crippen LogP contribution in [0.1, 0.15) is 40.4 Å². The van der Waals surface area contributed by atoms with E-state index < -0.39 is 0 Å². The Morgan fingerprint density at radius 3 is 2.79 bits per heavy atom. The summed E-state index contributed by atoms with van der Waals surface area (Å²) in [6.45, 7) is 3.06. The first-order valence-electron chi connectivity index (χ1n) is 13.8. The van der Waals surface area contributed by atoms with Crippen molar-refractivity contribution in [2.45, 2.75) is 25.3 Å². The topological polar surface area (TPSA) is 57.8 Å². The second kappa shape index (κ2) is 11.0. The number of aromatic amines is 1. The molecular weight excluding hydrogens is 486 g/mol. The van der Waals surface area contributed by atoms with Gasteiger partial charge < -0.3 is 24.3 Å². The molecule has 2 aliphatic rings. The lowest BCUT2D eigenvalue weighted by Crippen LogP contribution is -2.39. The smallest absolute Gasteiger partial charge is 0.247 e. The highest BCUT2D eigenvalue weighted by molar-refractivity contribution is 5.93. The molecule has 39 heavy (non-hydrogen) atoms. The predicted octanol–water partition coefficient (Wildman–Crippen LogP) is 5.62. The van der Waals surface area contributed by atoms with Crippen molar-refractivity contribution in [2.75, 3.05) is 40.4 Å². The number of ether oxygens (including phenoxy) is 2. The minimum absolute atomic E-state index is 0.00469. The molecule has 4 aromatic rings. The van der Waals surface area contributed by atoms with Gasteiger partial charge in [0, 0.05) is 42.2 Å². The zero-order chi connectivity index (χ0) is 26.8. The number of aromatic nitrogens is 1. The van der Waals surface area contributed by atoms with Gasteiger partial charge in [-0.2, -0.15) is 0 Å². The van der Waals surface area contributed by atoms with Gasteiger partial charge in [0.15, 0.2) is 0 Å². The summed E-state index contributed by atoms with van der Waals surface area (Å²) in [7, 11) is 4.13. The molecule has 0 aliphatic carbocycles. The number of fused-ring (bicyclic) bond motifs is 4. The Labute approximate surface area is 229 Å². The Morgan fingerprint density at radius 1 is 1.10 bits per heavy atom. The lowest BCUT2D eigenvalue weighted by molar-refractivity contribution is -0.128. The standard InChI is InChI=1S/C33H35N3O3/c1-35(2)18-5-20-38-26-12-8-23(9-13-26)10-15-31(37)36-19-16-28-27-6-3-4-7-29(27)34-32(28)33(36)25-11-14-30-24(22-25)17-21-39-30/h3-4,6-15,22,33-34H,5,16-21H2,1-2H3/t33-/m1/s1. The molecule has 0 bridgehead atoms. The molecule has 1 amide bonds. The van der Waals surface area contributed by atoms with Crippen LogP contribution >= 0.6 is 0 Å². The molecule has 6 nitrogen and oxygen atoms in total. The number of carbonyl (C=O) groups excluding carboxylic acids is 1. The van der Waals surface area contributed by atoms with E-state index in [1.807, 2.05) is 35.2 Å². The second-order valence-electron chi connectivity index (χ2n) is 10.6. The first-order chi connectivity index (χ1) is 19.1. The van der Waals surface area contributed by atoms with Crippen LogP contribution in [0.2, 0.25) is 0 Å². The lowest BCUT2D eigenvalue weighted by Gasteiger charge is -2.36. The zero-order valence-electron chi connectivity index (χ0n) is 22.7. The van der Waals surface area contributed by atoms with Gasteiger partial charge in [0.05, 0.1) is 19.3 Å². The molecule has 0 spiro atoms. The molecular formula is C33H35N3O3. The van der Waals surface area contributed by atoms with E-state index in [2.05, 4.69) is 66.4 Å². The van der Waals surface area contributed by atoms with Crippen molar-refractivity contribution in [2.24, 2.45) is 0 Å². The number of amides is 1. The Kier molecular flexibility index (Phi) is 7.12. The molecule has 6 rings (SSSR count). The van der Waals surface area contributed by atoms with Gasteiger partial charge >= 0.3 is 0 Å². The maximum absolute atomic E-state index is 13.7. The highest BCUT2D eigenvalue weighted by atomic mass is 16.5. The number of nitrogens with one attached hydrogen (secondary N) is 1. The van der Waals surface area contributed by atoms with Crippen LogP contribution in [0, 0.1) is 0 Å². The predicted molar refractivity (Wildman–Crippen MR) is 155 cm³/mol. The largest absolute Gasteiger partial charge is 0.494 e. The van der Waals surface area contributed by atoms with Crippen LogP contribution in [-0.2, 0) is 17.6 Å². The number of hydrogen-bond donors (Lipinski definition) is 1. The van der Waals surface area contributed by atoms with Crippen molar-refractivity contribution in [3.8, 4) is 11.5 Å². The maximum atomic E-state index is 13.7. The van der Waals surface area contributed by atoms with E-state index in [-0.39, 0.29) is 11.9 Å². The van der Waals surface area contributed by atoms with E-state index in [4.69, 9.17) is 9.47 Å². The minimum Gasteiger partial charge on any atom is -0.494 e. The number of para-hydroxylation sites is 1. The molecule has 6 heteroatoms. The summed E-state index contributed by atoms with van der Waals surface area (Å²) < 4.78 is 11.6. The van der Waals surface area contributed by atoms with Gasteiger partial charge in [-0.3, -0.25) is 4.79 Å². The molecule has 3 heterocycles. The average molecular weight is 522 g/mol. The van der Waals surface area contributed by atoms with Crippen molar-refractivity contribution >= 4 is 22.9 Å². The van der Waals surface area contributed by atoms with Crippen molar-refractivity contribution in [1.29, 1.82) is 0 Å². The van der Waals surface area contributed by atoms with Gasteiger partial charge in [-0.05, 0) is 85.6 Å². The number of rotatable bonds is 8. The SMILES string of the molecule is CN(C)CCCOc1ccc(C=CC(=O)N2CCc3c([nH]c4ccccc34)[C@H]2c2ccc3c(c2)CCO3)cc1. The fourth-order valence-corrected chi connectivity index (χ4v) is 5.71. The van der Waals surface area contributed by atoms with Crippen molar-refractivity contribution in [3.63, 3.8) is 0 Å². The van der Waals surface area contributed by atoms with Crippen molar-refractivity contribution in [3.05, 3.63) is 101 Å². The summed E-state index contributed by atoms with van der Waals surface area (Å²) in [6.07, 6.45) is 6.30. The molecule has 2 aliphatic heterocycles. The van der Waals surface area contributed by atoms with Crippen LogP contribution in [0.4, 0.5) is 0 Å². The monoisotopic (exact) mass is 521 g/mol. The first-order valence-corrected chi connectivity index (χ1v) is 13.8. The van der Waals surface area contributed by atoms with E-state index in [1.165, 1.54) is 16.5 Å². The summed E-state index contributed by atoms with van der Waals surface area (Å²) in [5, 5.41) is 1.24. The second-order valence-corrected chi connectivity index (χ2v) is 10.6. The van der Waals surface area contributed by atoms with Crippen LogP contribution in [0.5, 0.6) is 11.5 Å². The lowest BCUT2D eigenvalue weighted by atomic mass is 9.91. The minimum atomic E-state index is -0.179. The normalized spacial score (nSPS) is 16.5. The maximum Gasteiger partial charge on any atom is 0.247 e. The molecule has 0 radical (unpaired) electrons. The number of H-pyrrole nitrogens is 1. The van der Waals surface area contributed by atoms with Gasteiger partial charge in [-0.25, -0.2) is 0 Å². The Morgan fingerprint density at radius 2 is 1.95 bits per heavy atom. The van der Waals surface area contributed by atoms with Crippen LogP contribution in [0.15, 0.2) is 72.8 Å². The van der Waals surface area contributed by atoms with Crippen molar-refractivity contribution < 1.29 is 14.3 Å². The summed E-state index contributed by atoms with van der Waals surface area (Å²) >= 11 is 0. The third-order valence-electron chi connectivity index (χ3n) is 7.66. The Balaban J connectivity index is 1.24.